The molecular weight excluding hydrogens is 536 g/mol. The Hall–Kier alpha value is -4.37. The molecule has 2 aliphatic carbocycles. The van der Waals surface area contributed by atoms with E-state index in [4.69, 9.17) is 9.47 Å². The van der Waals surface area contributed by atoms with Crippen molar-refractivity contribution in [1.82, 2.24) is 20.3 Å². The summed E-state index contributed by atoms with van der Waals surface area (Å²) in [6, 6.07) is 11.2. The zero-order valence-electron chi connectivity index (χ0n) is 22.3. The Morgan fingerprint density at radius 3 is 1.83 bits per heavy atom. The van der Waals surface area contributed by atoms with E-state index < -0.39 is 17.9 Å². The van der Waals surface area contributed by atoms with E-state index in [0.717, 1.165) is 64.0 Å². The topological polar surface area (TPSA) is 103 Å². The van der Waals surface area contributed by atoms with Crippen molar-refractivity contribution < 1.29 is 19.1 Å². The average Bonchev–Trinajstić information content (AvgIpc) is 3.96. The maximum absolute atomic E-state index is 14.1. The molecule has 2 saturated carbocycles. The Labute approximate surface area is 241 Å². The van der Waals surface area contributed by atoms with Gasteiger partial charge < -0.3 is 14.8 Å². The van der Waals surface area contributed by atoms with Crippen molar-refractivity contribution in [2.75, 3.05) is 0 Å². The number of ether oxygens (including phenoxy) is 2. The first-order valence-electron chi connectivity index (χ1n) is 13.9. The van der Waals surface area contributed by atoms with Crippen LogP contribution in [0, 0.1) is 11.8 Å². The number of carbonyl (C=O) groups excluding carboxylic acids is 2. The second-order valence-electron chi connectivity index (χ2n) is 10.7. The number of esters is 2. The molecule has 4 aromatic rings. The molecule has 0 bridgehead atoms. The molecule has 0 atom stereocenters. The number of nitrogens with zero attached hydrogens (tertiary/aromatic N) is 3. The third kappa shape index (κ3) is 5.25. The normalized spacial score (nSPS) is 17.5. The lowest BCUT2D eigenvalue weighted by Gasteiger charge is -2.33. The summed E-state index contributed by atoms with van der Waals surface area (Å²) in [6.45, 7) is 0.227. The van der Waals surface area contributed by atoms with Gasteiger partial charge in [0.1, 0.15) is 18.0 Å². The number of fused-ring (bicyclic) bond motifs is 1. The van der Waals surface area contributed by atoms with E-state index in [2.05, 4.69) is 20.3 Å². The van der Waals surface area contributed by atoms with Crippen LogP contribution in [0.2, 0.25) is 0 Å². The highest BCUT2D eigenvalue weighted by Gasteiger charge is 2.47. The number of dihydropyridines is 1. The number of aromatic nitrogens is 3. The summed E-state index contributed by atoms with van der Waals surface area (Å²) in [5, 5.41) is 6.55. The molecule has 0 radical (unpaired) electrons. The van der Waals surface area contributed by atoms with Crippen molar-refractivity contribution in [2.24, 2.45) is 11.8 Å². The molecule has 1 aliphatic heterocycles. The molecule has 5 heterocycles. The Balaban J connectivity index is 1.33. The highest BCUT2D eigenvalue weighted by Crippen LogP contribution is 2.52. The average molecular weight is 565 g/mol. The highest BCUT2D eigenvalue weighted by atomic mass is 32.1. The third-order valence-corrected chi connectivity index (χ3v) is 8.69. The van der Waals surface area contributed by atoms with Gasteiger partial charge in [0.2, 0.25) is 0 Å². The Morgan fingerprint density at radius 2 is 1.32 bits per heavy atom. The van der Waals surface area contributed by atoms with Gasteiger partial charge in [0.05, 0.1) is 17.1 Å². The van der Waals surface area contributed by atoms with Crippen LogP contribution in [0.5, 0.6) is 0 Å². The van der Waals surface area contributed by atoms with Crippen LogP contribution in [0.4, 0.5) is 0 Å². The minimum absolute atomic E-state index is 0.114. The van der Waals surface area contributed by atoms with Crippen molar-refractivity contribution in [3.63, 3.8) is 0 Å². The van der Waals surface area contributed by atoms with Gasteiger partial charge in [0.25, 0.3) is 0 Å². The summed E-state index contributed by atoms with van der Waals surface area (Å²) in [6.07, 6.45) is 12.4. The number of hydrogen-bond donors (Lipinski definition) is 1. The molecule has 206 valence electrons. The molecule has 3 aliphatic rings. The van der Waals surface area contributed by atoms with Crippen molar-refractivity contribution in [2.45, 2.75) is 44.8 Å². The van der Waals surface area contributed by atoms with Crippen LogP contribution in [0.25, 0.3) is 10.2 Å². The van der Waals surface area contributed by atoms with E-state index in [9.17, 15) is 9.59 Å². The number of thiophene rings is 1. The minimum atomic E-state index is -0.629. The Bertz CT molecular complexity index is 1590. The van der Waals surface area contributed by atoms with E-state index in [1.54, 1.807) is 31.0 Å². The summed E-state index contributed by atoms with van der Waals surface area (Å²) >= 11 is 1.51. The van der Waals surface area contributed by atoms with Gasteiger partial charge in [0, 0.05) is 47.8 Å². The van der Waals surface area contributed by atoms with Gasteiger partial charge in [0.15, 0.2) is 0 Å². The van der Waals surface area contributed by atoms with Crippen LogP contribution in [0.3, 0.4) is 0 Å². The number of carbonyl (C=O) groups is 2. The second kappa shape index (κ2) is 10.9. The van der Waals surface area contributed by atoms with Crippen LogP contribution < -0.4 is 5.32 Å². The van der Waals surface area contributed by atoms with Crippen LogP contribution in [0.15, 0.2) is 95.3 Å². The first-order chi connectivity index (χ1) is 20.2. The van der Waals surface area contributed by atoms with E-state index in [-0.39, 0.29) is 25.0 Å². The third-order valence-electron chi connectivity index (χ3n) is 7.77. The molecule has 0 saturated heterocycles. The van der Waals surface area contributed by atoms with E-state index in [1.807, 2.05) is 41.8 Å². The molecule has 4 aromatic heterocycles. The zero-order chi connectivity index (χ0) is 27.8. The largest absolute Gasteiger partial charge is 0.457 e. The van der Waals surface area contributed by atoms with Gasteiger partial charge in [-0.05, 0) is 89.9 Å². The molecule has 0 aromatic carbocycles. The smallest absolute Gasteiger partial charge is 0.337 e. The van der Waals surface area contributed by atoms with Crippen LogP contribution >= 0.6 is 11.3 Å². The van der Waals surface area contributed by atoms with Gasteiger partial charge in [-0.15, -0.1) is 11.3 Å². The molecule has 1 N–H and O–H groups in total. The fraction of sp³-hybridized carbons (Fsp3) is 0.281. The van der Waals surface area contributed by atoms with Gasteiger partial charge >= 0.3 is 11.9 Å². The van der Waals surface area contributed by atoms with Crippen LogP contribution in [-0.4, -0.2) is 26.9 Å². The number of nitrogens with one attached hydrogen (secondary N) is 1. The van der Waals surface area contributed by atoms with E-state index in [1.165, 1.54) is 11.3 Å². The summed E-state index contributed by atoms with van der Waals surface area (Å²) in [7, 11) is 0. The molecule has 7 rings (SSSR count). The van der Waals surface area contributed by atoms with Gasteiger partial charge in [-0.2, -0.15) is 0 Å². The lowest BCUT2D eigenvalue weighted by molar-refractivity contribution is -0.141. The molecule has 0 spiro atoms. The van der Waals surface area contributed by atoms with E-state index >= 15 is 0 Å². The summed E-state index contributed by atoms with van der Waals surface area (Å²) in [5.74, 6) is -1.04. The van der Waals surface area contributed by atoms with Crippen molar-refractivity contribution in [1.29, 1.82) is 0 Å². The summed E-state index contributed by atoms with van der Waals surface area (Å²) in [4.78, 5) is 41.6. The molecule has 9 heteroatoms. The predicted molar refractivity (Wildman–Crippen MR) is 153 cm³/mol. The Kier molecular flexibility index (Phi) is 6.80. The van der Waals surface area contributed by atoms with Gasteiger partial charge in [-0.25, -0.2) is 14.6 Å². The predicted octanol–water partition coefficient (Wildman–Crippen LogP) is 5.59. The lowest BCUT2D eigenvalue weighted by Crippen LogP contribution is -2.35. The second-order valence-corrected chi connectivity index (χ2v) is 11.5. The fourth-order valence-electron chi connectivity index (χ4n) is 5.41. The fourth-order valence-corrected chi connectivity index (χ4v) is 6.35. The first-order valence-corrected chi connectivity index (χ1v) is 14.7. The SMILES string of the molecule is O=C(OCc1ccncc1)C1=C(C2CC2)NC(C2CC2)=C(C(=O)OCc2ccncc2)C1c1csc2ncccc12. The van der Waals surface area contributed by atoms with Crippen LogP contribution in [0.1, 0.15) is 48.3 Å². The lowest BCUT2D eigenvalue weighted by atomic mass is 9.78. The van der Waals surface area contributed by atoms with Crippen molar-refractivity contribution in [3.05, 3.63) is 112 Å². The quantitative estimate of drug-likeness (QED) is 0.263. The number of allylic oxidation sites excluding steroid dienone is 2. The van der Waals surface area contributed by atoms with Gasteiger partial charge in [-0.1, -0.05) is 6.07 Å². The summed E-state index contributed by atoms with van der Waals surface area (Å²) in [5.41, 5.74) is 5.31. The molecule has 0 unspecified atom stereocenters. The maximum atomic E-state index is 14.1. The molecule has 8 nitrogen and oxygen atoms in total. The maximum Gasteiger partial charge on any atom is 0.337 e. The minimum Gasteiger partial charge on any atom is -0.457 e. The summed E-state index contributed by atoms with van der Waals surface area (Å²) < 4.78 is 11.9. The Morgan fingerprint density at radius 1 is 0.780 bits per heavy atom. The van der Waals surface area contributed by atoms with E-state index in [0.29, 0.717) is 11.1 Å². The molecule has 0 amide bonds. The first kappa shape index (κ1) is 25.6. The van der Waals surface area contributed by atoms with Crippen molar-refractivity contribution >= 4 is 33.5 Å². The standard InChI is InChI=1S/C32H28N4O4S/c37-31(39-16-19-7-12-33-13-8-19)26-25(24-18-41-30-23(24)2-1-11-35-30)27(32(38)40-17-20-9-14-34-15-10-20)29(22-5-6-22)36-28(26)21-3-4-21/h1-2,7-15,18,21-22,25,36H,3-6,16-17H2. The molecular formula is C32H28N4O4S. The molecule has 41 heavy (non-hydrogen) atoms. The van der Waals surface area contributed by atoms with Gasteiger partial charge in [-0.3, -0.25) is 9.97 Å². The zero-order valence-corrected chi connectivity index (χ0v) is 23.1. The van der Waals surface area contributed by atoms with Crippen LogP contribution in [-0.2, 0) is 32.3 Å². The number of hydrogen-bond acceptors (Lipinski definition) is 9. The monoisotopic (exact) mass is 564 g/mol. The number of pyridine rings is 3. The van der Waals surface area contributed by atoms with Crippen molar-refractivity contribution in [3.8, 4) is 0 Å². The number of rotatable bonds is 9. The highest BCUT2D eigenvalue weighted by molar-refractivity contribution is 7.16. The molecule has 2 fully saturated rings.